The summed E-state index contributed by atoms with van der Waals surface area (Å²) in [5.41, 5.74) is 2.31. The van der Waals surface area contributed by atoms with Gasteiger partial charge in [-0.3, -0.25) is 0 Å². The number of anilines is 1. The van der Waals surface area contributed by atoms with Gasteiger partial charge in [-0.1, -0.05) is 25.4 Å². The molecule has 64 valence electrons. The Kier molecular flexibility index (Phi) is 1.55. The molecular formula is C9H11ClN2. The number of rotatable bonds is 0. The largest absolute Gasteiger partial charge is 0.383 e. The van der Waals surface area contributed by atoms with Gasteiger partial charge in [-0.25, -0.2) is 4.98 Å². The summed E-state index contributed by atoms with van der Waals surface area (Å²) < 4.78 is 0. The first kappa shape index (κ1) is 7.87. The lowest BCUT2D eigenvalue weighted by Gasteiger charge is -2.15. The van der Waals surface area contributed by atoms with Crippen LogP contribution in [0.3, 0.4) is 0 Å². The second-order valence-corrected chi connectivity index (χ2v) is 4.15. The Bertz CT molecular complexity index is 320. The second-order valence-electron chi connectivity index (χ2n) is 3.77. The van der Waals surface area contributed by atoms with Crippen molar-refractivity contribution in [3.05, 3.63) is 23.0 Å². The Morgan fingerprint density at radius 2 is 2.25 bits per heavy atom. The van der Waals surface area contributed by atoms with Crippen LogP contribution in [-0.4, -0.2) is 11.5 Å². The lowest BCUT2D eigenvalue weighted by Crippen LogP contribution is -2.20. The van der Waals surface area contributed by atoms with E-state index in [1.54, 1.807) is 0 Å². The van der Waals surface area contributed by atoms with Gasteiger partial charge in [-0.05, 0) is 12.1 Å². The molecule has 0 bridgehead atoms. The maximum Gasteiger partial charge on any atom is 0.129 e. The number of hydrogen-bond acceptors (Lipinski definition) is 2. The van der Waals surface area contributed by atoms with Crippen LogP contribution in [0.5, 0.6) is 0 Å². The molecule has 0 unspecified atom stereocenters. The van der Waals surface area contributed by atoms with E-state index in [0.717, 1.165) is 17.9 Å². The number of nitrogens with zero attached hydrogens (tertiary/aromatic N) is 1. The summed E-state index contributed by atoms with van der Waals surface area (Å²) in [5.74, 6) is 0. The zero-order valence-electron chi connectivity index (χ0n) is 7.19. The van der Waals surface area contributed by atoms with E-state index in [-0.39, 0.29) is 5.41 Å². The first-order valence-corrected chi connectivity index (χ1v) is 4.38. The molecule has 2 nitrogen and oxygen atoms in total. The van der Waals surface area contributed by atoms with Crippen molar-refractivity contribution in [3.8, 4) is 0 Å². The van der Waals surface area contributed by atoms with Crippen LogP contribution in [0.1, 0.15) is 19.5 Å². The molecule has 0 spiro atoms. The monoisotopic (exact) mass is 182 g/mol. The molecular weight excluding hydrogens is 172 g/mol. The third kappa shape index (κ3) is 1.07. The number of halogens is 1. The maximum absolute atomic E-state index is 5.81. The van der Waals surface area contributed by atoms with Crippen LogP contribution in [0.2, 0.25) is 5.15 Å². The summed E-state index contributed by atoms with van der Waals surface area (Å²) in [4.78, 5) is 4.31. The molecule has 0 radical (unpaired) electrons. The molecule has 0 amide bonds. The lowest BCUT2D eigenvalue weighted by atomic mass is 9.91. The van der Waals surface area contributed by atoms with Gasteiger partial charge in [-0.2, -0.15) is 0 Å². The number of pyridine rings is 1. The Morgan fingerprint density at radius 3 is 3.00 bits per heavy atom. The first-order valence-electron chi connectivity index (χ1n) is 4.00. The Balaban J connectivity index is 2.57. The molecule has 12 heavy (non-hydrogen) atoms. The van der Waals surface area contributed by atoms with E-state index < -0.39 is 0 Å². The van der Waals surface area contributed by atoms with Crippen molar-refractivity contribution in [1.82, 2.24) is 4.98 Å². The lowest BCUT2D eigenvalue weighted by molar-refractivity contribution is 0.569. The van der Waals surface area contributed by atoms with E-state index in [4.69, 9.17) is 11.6 Å². The van der Waals surface area contributed by atoms with Gasteiger partial charge in [-0.15, -0.1) is 0 Å². The van der Waals surface area contributed by atoms with Crippen molar-refractivity contribution in [3.63, 3.8) is 0 Å². The molecule has 0 aliphatic carbocycles. The van der Waals surface area contributed by atoms with Gasteiger partial charge in [0.2, 0.25) is 0 Å². The number of aromatic nitrogens is 1. The minimum absolute atomic E-state index is 0.111. The number of nitrogens with one attached hydrogen (secondary N) is 1. The van der Waals surface area contributed by atoms with E-state index >= 15 is 0 Å². The first-order chi connectivity index (χ1) is 5.59. The summed E-state index contributed by atoms with van der Waals surface area (Å²) in [6, 6.07) is 3.80. The fraction of sp³-hybridized carbons (Fsp3) is 0.444. The van der Waals surface area contributed by atoms with Gasteiger partial charge < -0.3 is 5.32 Å². The normalized spacial score (nSPS) is 18.6. The average molecular weight is 183 g/mol. The van der Waals surface area contributed by atoms with Crippen LogP contribution < -0.4 is 5.32 Å². The van der Waals surface area contributed by atoms with Crippen LogP contribution in [0.25, 0.3) is 0 Å². The van der Waals surface area contributed by atoms with Gasteiger partial charge in [0.1, 0.15) is 5.15 Å². The minimum atomic E-state index is 0.111. The highest BCUT2D eigenvalue weighted by Gasteiger charge is 2.31. The highest BCUT2D eigenvalue weighted by molar-refractivity contribution is 6.29. The maximum atomic E-state index is 5.81. The predicted octanol–water partition coefficient (Wildman–Crippen LogP) is 2.44. The average Bonchev–Trinajstić information content (AvgIpc) is 2.28. The fourth-order valence-electron chi connectivity index (χ4n) is 1.49. The number of hydrogen-bond donors (Lipinski definition) is 1. The van der Waals surface area contributed by atoms with Crippen molar-refractivity contribution < 1.29 is 0 Å². The van der Waals surface area contributed by atoms with Gasteiger partial charge in [0.15, 0.2) is 0 Å². The molecule has 1 aromatic heterocycles. The third-order valence-electron chi connectivity index (χ3n) is 2.22. The Hall–Kier alpha value is -0.760. The van der Waals surface area contributed by atoms with Gasteiger partial charge in [0, 0.05) is 12.0 Å². The molecule has 0 atom stereocenters. The van der Waals surface area contributed by atoms with E-state index in [0.29, 0.717) is 5.15 Å². The molecule has 2 heterocycles. The van der Waals surface area contributed by atoms with Crippen LogP contribution in [0.4, 0.5) is 5.69 Å². The van der Waals surface area contributed by atoms with Crippen LogP contribution in [0, 0.1) is 0 Å². The SMILES string of the molecule is CC1(C)CNc2ccc(Cl)nc21. The highest BCUT2D eigenvalue weighted by Crippen LogP contribution is 2.34. The van der Waals surface area contributed by atoms with Gasteiger partial charge in [0.25, 0.3) is 0 Å². The van der Waals surface area contributed by atoms with Crippen LogP contribution in [0.15, 0.2) is 12.1 Å². The summed E-state index contributed by atoms with van der Waals surface area (Å²) in [6.45, 7) is 5.26. The second kappa shape index (κ2) is 2.36. The van der Waals surface area contributed by atoms with Crippen molar-refractivity contribution in [1.29, 1.82) is 0 Å². The molecule has 1 N–H and O–H groups in total. The Labute approximate surface area is 77.0 Å². The molecule has 1 aliphatic rings. The van der Waals surface area contributed by atoms with E-state index in [9.17, 15) is 0 Å². The molecule has 2 rings (SSSR count). The summed E-state index contributed by atoms with van der Waals surface area (Å²) in [7, 11) is 0. The van der Waals surface area contributed by atoms with Crippen molar-refractivity contribution in [2.75, 3.05) is 11.9 Å². The van der Waals surface area contributed by atoms with Crippen LogP contribution >= 0.6 is 11.6 Å². The standard InChI is InChI=1S/C9H11ClN2/c1-9(2)5-11-6-3-4-7(10)12-8(6)9/h3-4,11H,5H2,1-2H3. The molecule has 0 saturated carbocycles. The highest BCUT2D eigenvalue weighted by atomic mass is 35.5. The zero-order valence-corrected chi connectivity index (χ0v) is 7.94. The summed E-state index contributed by atoms with van der Waals surface area (Å²) in [6.07, 6.45) is 0. The van der Waals surface area contributed by atoms with Crippen molar-refractivity contribution in [2.24, 2.45) is 0 Å². The van der Waals surface area contributed by atoms with Crippen LogP contribution in [-0.2, 0) is 5.41 Å². The summed E-state index contributed by atoms with van der Waals surface area (Å²) in [5, 5.41) is 3.87. The zero-order chi connectivity index (χ0) is 8.77. The molecule has 1 aromatic rings. The van der Waals surface area contributed by atoms with E-state index in [1.807, 2.05) is 12.1 Å². The van der Waals surface area contributed by atoms with Gasteiger partial charge in [0.05, 0.1) is 11.4 Å². The van der Waals surface area contributed by atoms with Crippen molar-refractivity contribution in [2.45, 2.75) is 19.3 Å². The van der Waals surface area contributed by atoms with Gasteiger partial charge >= 0.3 is 0 Å². The molecule has 0 saturated heterocycles. The molecule has 0 fully saturated rings. The third-order valence-corrected chi connectivity index (χ3v) is 2.43. The fourth-order valence-corrected chi connectivity index (χ4v) is 1.64. The summed E-state index contributed by atoms with van der Waals surface area (Å²) >= 11 is 5.81. The topological polar surface area (TPSA) is 24.9 Å². The quantitative estimate of drug-likeness (QED) is 0.624. The molecule has 1 aliphatic heterocycles. The smallest absolute Gasteiger partial charge is 0.129 e. The molecule has 3 heteroatoms. The minimum Gasteiger partial charge on any atom is -0.383 e. The van der Waals surface area contributed by atoms with E-state index in [1.165, 1.54) is 0 Å². The predicted molar refractivity (Wildman–Crippen MR) is 50.8 cm³/mol. The number of fused-ring (bicyclic) bond motifs is 1. The molecule has 0 aromatic carbocycles. The van der Waals surface area contributed by atoms with E-state index in [2.05, 4.69) is 24.1 Å². The Morgan fingerprint density at radius 1 is 1.50 bits per heavy atom. The van der Waals surface area contributed by atoms with Crippen molar-refractivity contribution >= 4 is 17.3 Å².